The molecule has 1 N–H and O–H groups in total. The number of carboxylic acid groups (broad SMARTS) is 1. The van der Waals surface area contributed by atoms with Gasteiger partial charge in [-0.3, -0.25) is 4.57 Å². The Morgan fingerprint density at radius 1 is 1.53 bits per heavy atom. The number of benzene rings is 1. The molecule has 1 heterocycles. The van der Waals surface area contributed by atoms with E-state index in [1.807, 2.05) is 6.07 Å². The number of aromatic carboxylic acids is 1. The highest BCUT2D eigenvalue weighted by molar-refractivity contribution is 6.32. The van der Waals surface area contributed by atoms with Crippen LogP contribution in [0.15, 0.2) is 30.6 Å². The van der Waals surface area contributed by atoms with Crippen LogP contribution in [0.25, 0.3) is 5.69 Å². The Morgan fingerprint density at radius 2 is 2.29 bits per heavy atom. The fourth-order valence-electron chi connectivity index (χ4n) is 1.42. The van der Waals surface area contributed by atoms with E-state index in [1.54, 1.807) is 6.20 Å². The molecule has 2 rings (SSSR count). The second-order valence-corrected chi connectivity index (χ2v) is 3.61. The lowest BCUT2D eigenvalue weighted by atomic mass is 10.2. The molecule has 84 valence electrons. The number of rotatable bonds is 2. The van der Waals surface area contributed by atoms with Crippen LogP contribution < -0.4 is 0 Å². The van der Waals surface area contributed by atoms with Gasteiger partial charge in [-0.05, 0) is 18.2 Å². The van der Waals surface area contributed by atoms with Crippen LogP contribution in [0.1, 0.15) is 16.2 Å². The third kappa shape index (κ3) is 1.98. The number of nitrogens with zero attached hydrogens (tertiary/aromatic N) is 3. The minimum absolute atomic E-state index is 0.0948. The molecule has 5 nitrogen and oxygen atoms in total. The average molecular weight is 248 g/mol. The van der Waals surface area contributed by atoms with Crippen LogP contribution in [-0.4, -0.2) is 20.6 Å². The van der Waals surface area contributed by atoms with E-state index in [0.717, 1.165) is 0 Å². The Hall–Kier alpha value is -2.32. The van der Waals surface area contributed by atoms with Gasteiger partial charge in [0.25, 0.3) is 0 Å². The first kappa shape index (κ1) is 11.2. The zero-order valence-corrected chi connectivity index (χ0v) is 9.22. The third-order valence-corrected chi connectivity index (χ3v) is 2.50. The number of carboxylic acids is 1. The second-order valence-electron chi connectivity index (χ2n) is 3.20. The van der Waals surface area contributed by atoms with Crippen molar-refractivity contribution in [1.82, 2.24) is 9.55 Å². The van der Waals surface area contributed by atoms with Crippen molar-refractivity contribution in [1.29, 1.82) is 5.26 Å². The van der Waals surface area contributed by atoms with Crippen molar-refractivity contribution in [2.75, 3.05) is 0 Å². The van der Waals surface area contributed by atoms with Gasteiger partial charge in [-0.15, -0.1) is 0 Å². The summed E-state index contributed by atoms with van der Waals surface area (Å²) in [6, 6.07) is 6.21. The fourth-order valence-corrected chi connectivity index (χ4v) is 1.69. The first-order valence-corrected chi connectivity index (χ1v) is 4.98. The molecule has 17 heavy (non-hydrogen) atoms. The number of imidazole rings is 1. The SMILES string of the molecule is N#Cc1nccn1-c1ccc(C(=O)O)cc1Cl. The minimum Gasteiger partial charge on any atom is -0.478 e. The van der Waals surface area contributed by atoms with Crippen LogP contribution in [0, 0.1) is 11.3 Å². The molecule has 0 unspecified atom stereocenters. The van der Waals surface area contributed by atoms with E-state index < -0.39 is 5.97 Å². The smallest absolute Gasteiger partial charge is 0.335 e. The molecule has 0 saturated carbocycles. The zero-order valence-electron chi connectivity index (χ0n) is 8.46. The molecule has 0 saturated heterocycles. The van der Waals surface area contributed by atoms with Crippen LogP contribution in [0.2, 0.25) is 5.02 Å². The topological polar surface area (TPSA) is 78.9 Å². The van der Waals surface area contributed by atoms with Gasteiger partial charge < -0.3 is 5.11 Å². The summed E-state index contributed by atoms with van der Waals surface area (Å²) in [5.74, 6) is -0.862. The monoisotopic (exact) mass is 247 g/mol. The van der Waals surface area contributed by atoms with Crippen LogP contribution in [-0.2, 0) is 0 Å². The first-order chi connectivity index (χ1) is 8.13. The highest BCUT2D eigenvalue weighted by Gasteiger charge is 2.10. The molecule has 0 spiro atoms. The summed E-state index contributed by atoms with van der Waals surface area (Å²) >= 11 is 5.97. The number of hydrogen-bond donors (Lipinski definition) is 1. The Bertz CT molecular complexity index is 628. The van der Waals surface area contributed by atoms with E-state index >= 15 is 0 Å². The summed E-state index contributed by atoms with van der Waals surface area (Å²) in [5, 5.41) is 17.9. The fraction of sp³-hybridized carbons (Fsp3) is 0. The zero-order chi connectivity index (χ0) is 12.4. The van der Waals surface area contributed by atoms with Gasteiger partial charge in [-0.1, -0.05) is 11.6 Å². The Balaban J connectivity index is 2.55. The van der Waals surface area contributed by atoms with Gasteiger partial charge >= 0.3 is 5.97 Å². The van der Waals surface area contributed by atoms with E-state index in [9.17, 15) is 4.79 Å². The number of aromatic nitrogens is 2. The maximum Gasteiger partial charge on any atom is 0.335 e. The first-order valence-electron chi connectivity index (χ1n) is 4.60. The number of halogens is 1. The van der Waals surface area contributed by atoms with E-state index in [1.165, 1.54) is 29.0 Å². The Morgan fingerprint density at radius 3 is 2.88 bits per heavy atom. The van der Waals surface area contributed by atoms with Crippen molar-refractivity contribution < 1.29 is 9.90 Å². The quantitative estimate of drug-likeness (QED) is 0.881. The van der Waals surface area contributed by atoms with Crippen molar-refractivity contribution in [2.24, 2.45) is 0 Å². The molecular weight excluding hydrogens is 242 g/mol. The van der Waals surface area contributed by atoms with Gasteiger partial charge in [0, 0.05) is 12.4 Å². The average Bonchev–Trinajstić information content (AvgIpc) is 2.76. The highest BCUT2D eigenvalue weighted by atomic mass is 35.5. The number of hydrogen-bond acceptors (Lipinski definition) is 3. The molecule has 1 aromatic heterocycles. The standard InChI is InChI=1S/C11H6ClN3O2/c12-8-5-7(11(16)17)1-2-9(8)15-4-3-14-10(15)6-13/h1-5H,(H,16,17). The summed E-state index contributed by atoms with van der Waals surface area (Å²) in [6.45, 7) is 0. The predicted molar refractivity (Wildman–Crippen MR) is 60.2 cm³/mol. The summed E-state index contributed by atoms with van der Waals surface area (Å²) in [4.78, 5) is 14.6. The lowest BCUT2D eigenvalue weighted by Gasteiger charge is -2.06. The lowest BCUT2D eigenvalue weighted by molar-refractivity contribution is 0.0697. The summed E-state index contributed by atoms with van der Waals surface area (Å²) < 4.78 is 1.49. The molecule has 0 amide bonds. The minimum atomic E-state index is -1.05. The van der Waals surface area contributed by atoms with Gasteiger partial charge in [0.1, 0.15) is 6.07 Å². The van der Waals surface area contributed by atoms with E-state index in [4.69, 9.17) is 22.0 Å². The second kappa shape index (κ2) is 4.28. The maximum atomic E-state index is 10.7. The van der Waals surface area contributed by atoms with Crippen LogP contribution in [0.3, 0.4) is 0 Å². The van der Waals surface area contributed by atoms with E-state index in [0.29, 0.717) is 5.69 Å². The predicted octanol–water partition coefficient (Wildman–Crippen LogP) is 2.10. The maximum absolute atomic E-state index is 10.7. The van der Waals surface area contributed by atoms with Crippen molar-refractivity contribution in [3.63, 3.8) is 0 Å². The lowest BCUT2D eigenvalue weighted by Crippen LogP contribution is -2.01. The van der Waals surface area contributed by atoms with Crippen LogP contribution in [0.4, 0.5) is 0 Å². The van der Waals surface area contributed by atoms with Gasteiger partial charge in [-0.2, -0.15) is 5.26 Å². The molecule has 6 heteroatoms. The molecule has 1 aromatic carbocycles. The molecule has 0 aliphatic rings. The normalized spacial score (nSPS) is 9.88. The van der Waals surface area contributed by atoms with Crippen molar-refractivity contribution in [3.8, 4) is 11.8 Å². The molecule has 2 aromatic rings. The summed E-state index contributed by atoms with van der Waals surface area (Å²) in [7, 11) is 0. The Kier molecular flexibility index (Phi) is 2.81. The summed E-state index contributed by atoms with van der Waals surface area (Å²) in [5.41, 5.74) is 0.614. The van der Waals surface area contributed by atoms with Crippen molar-refractivity contribution in [2.45, 2.75) is 0 Å². The van der Waals surface area contributed by atoms with E-state index in [-0.39, 0.29) is 16.4 Å². The van der Waals surface area contributed by atoms with Crippen molar-refractivity contribution >= 4 is 17.6 Å². The molecule has 0 atom stereocenters. The van der Waals surface area contributed by atoms with Gasteiger partial charge in [0.05, 0.1) is 16.3 Å². The third-order valence-electron chi connectivity index (χ3n) is 2.19. The number of nitriles is 1. The molecule has 0 aliphatic heterocycles. The molecular formula is C11H6ClN3O2. The van der Waals surface area contributed by atoms with E-state index in [2.05, 4.69) is 4.98 Å². The van der Waals surface area contributed by atoms with Gasteiger partial charge in [-0.25, -0.2) is 9.78 Å². The van der Waals surface area contributed by atoms with Crippen LogP contribution in [0.5, 0.6) is 0 Å². The van der Waals surface area contributed by atoms with Gasteiger partial charge in [0.15, 0.2) is 0 Å². The molecule has 0 aliphatic carbocycles. The van der Waals surface area contributed by atoms with Crippen molar-refractivity contribution in [3.05, 3.63) is 47.0 Å². The number of carbonyl (C=O) groups is 1. The molecule has 0 bridgehead atoms. The van der Waals surface area contributed by atoms with Crippen LogP contribution >= 0.6 is 11.6 Å². The highest BCUT2D eigenvalue weighted by Crippen LogP contribution is 2.22. The van der Waals surface area contributed by atoms with Gasteiger partial charge in [0.2, 0.25) is 5.82 Å². The largest absolute Gasteiger partial charge is 0.478 e. The molecule has 0 fully saturated rings. The Labute approximate surface area is 102 Å². The molecule has 0 radical (unpaired) electrons. The summed E-state index contributed by atoms with van der Waals surface area (Å²) in [6.07, 6.45) is 3.06.